The van der Waals surface area contributed by atoms with E-state index in [1.54, 1.807) is 12.4 Å². The Hall–Kier alpha value is -2.78. The van der Waals surface area contributed by atoms with Crippen LogP contribution >= 0.6 is 11.3 Å². The van der Waals surface area contributed by atoms with Crippen molar-refractivity contribution in [2.24, 2.45) is 0 Å². The van der Waals surface area contributed by atoms with Crippen molar-refractivity contribution in [2.75, 3.05) is 16.6 Å². The molecule has 0 aliphatic rings. The van der Waals surface area contributed by atoms with Gasteiger partial charge in [0.05, 0.1) is 29.2 Å². The Balaban J connectivity index is 1.66. The first-order valence-corrected chi connectivity index (χ1v) is 13.5. The quantitative estimate of drug-likeness (QED) is 0.348. The zero-order chi connectivity index (χ0) is 24.7. The highest BCUT2D eigenvalue weighted by molar-refractivity contribution is 7.87. The van der Waals surface area contributed by atoms with Gasteiger partial charge in [-0.15, -0.1) is 11.3 Å². The summed E-state index contributed by atoms with van der Waals surface area (Å²) in [6.07, 6.45) is 5.24. The SMILES string of the molecule is CCCOc1cncc(-c2ccc(NC(=O)C(C)(C)c3csc(NS(=O)C(C)CC)n3)cc2)c1. The number of aromatic nitrogens is 2. The minimum Gasteiger partial charge on any atom is -0.492 e. The van der Waals surface area contributed by atoms with Gasteiger partial charge in [0.25, 0.3) is 0 Å². The molecule has 3 rings (SSSR count). The topological polar surface area (TPSA) is 93.2 Å². The van der Waals surface area contributed by atoms with Gasteiger partial charge in [0.1, 0.15) is 16.7 Å². The van der Waals surface area contributed by atoms with Crippen LogP contribution in [0.15, 0.2) is 48.1 Å². The third kappa shape index (κ3) is 6.42. The molecule has 2 aromatic heterocycles. The number of carbonyl (C=O) groups excluding carboxylic acids is 1. The van der Waals surface area contributed by atoms with Crippen LogP contribution in [-0.2, 0) is 21.2 Å². The van der Waals surface area contributed by atoms with Crippen LogP contribution in [0.3, 0.4) is 0 Å². The molecule has 0 radical (unpaired) electrons. The van der Waals surface area contributed by atoms with Crippen molar-refractivity contribution in [3.8, 4) is 16.9 Å². The summed E-state index contributed by atoms with van der Waals surface area (Å²) in [6, 6.07) is 9.58. The molecule has 0 saturated carbocycles. The Kier molecular flexibility index (Phi) is 8.79. The van der Waals surface area contributed by atoms with Gasteiger partial charge >= 0.3 is 0 Å². The molecule has 1 amide bonds. The molecule has 0 saturated heterocycles. The molecule has 0 bridgehead atoms. The number of benzene rings is 1. The average molecular weight is 501 g/mol. The van der Waals surface area contributed by atoms with Gasteiger partial charge in [0, 0.05) is 22.8 Å². The van der Waals surface area contributed by atoms with Gasteiger partial charge in [-0.1, -0.05) is 26.0 Å². The molecule has 0 aliphatic carbocycles. The Morgan fingerprint density at radius 1 is 1.18 bits per heavy atom. The van der Waals surface area contributed by atoms with Gasteiger partial charge in [-0.2, -0.15) is 0 Å². The minimum absolute atomic E-state index is 0.0220. The van der Waals surface area contributed by atoms with Gasteiger partial charge in [-0.3, -0.25) is 14.5 Å². The highest BCUT2D eigenvalue weighted by atomic mass is 32.2. The summed E-state index contributed by atoms with van der Waals surface area (Å²) in [5, 5.41) is 5.39. The average Bonchev–Trinajstić information content (AvgIpc) is 3.32. The molecule has 0 aliphatic heterocycles. The molecule has 2 heterocycles. The summed E-state index contributed by atoms with van der Waals surface area (Å²) < 4.78 is 20.9. The molecule has 1 aromatic carbocycles. The van der Waals surface area contributed by atoms with Crippen molar-refractivity contribution in [3.63, 3.8) is 0 Å². The van der Waals surface area contributed by atoms with E-state index in [0.29, 0.717) is 23.1 Å². The second kappa shape index (κ2) is 11.6. The van der Waals surface area contributed by atoms with Crippen molar-refractivity contribution >= 4 is 39.0 Å². The molecule has 2 atom stereocenters. The van der Waals surface area contributed by atoms with E-state index in [-0.39, 0.29) is 11.2 Å². The van der Waals surface area contributed by atoms with E-state index in [1.165, 1.54) is 11.3 Å². The maximum Gasteiger partial charge on any atom is 0.236 e. The first kappa shape index (κ1) is 25.8. The molecular formula is C25H32N4O3S2. The monoisotopic (exact) mass is 500 g/mol. The number of hydrogen-bond donors (Lipinski definition) is 2. The predicted molar refractivity (Wildman–Crippen MR) is 141 cm³/mol. The largest absolute Gasteiger partial charge is 0.492 e. The highest BCUT2D eigenvalue weighted by Gasteiger charge is 2.32. The van der Waals surface area contributed by atoms with E-state index >= 15 is 0 Å². The number of nitrogens with one attached hydrogen (secondary N) is 2. The zero-order valence-corrected chi connectivity index (χ0v) is 21.9. The Morgan fingerprint density at radius 2 is 1.91 bits per heavy atom. The summed E-state index contributed by atoms with van der Waals surface area (Å²) in [5.41, 5.74) is 2.40. The van der Waals surface area contributed by atoms with E-state index in [9.17, 15) is 9.00 Å². The van der Waals surface area contributed by atoms with Gasteiger partial charge in [-0.05, 0) is 57.4 Å². The molecule has 182 valence electrons. The molecule has 34 heavy (non-hydrogen) atoms. The van der Waals surface area contributed by atoms with Gasteiger partial charge in [-0.25, -0.2) is 9.19 Å². The van der Waals surface area contributed by atoms with E-state index < -0.39 is 16.4 Å². The number of nitrogens with zero attached hydrogens (tertiary/aromatic N) is 2. The fourth-order valence-corrected chi connectivity index (χ4v) is 4.85. The highest BCUT2D eigenvalue weighted by Crippen LogP contribution is 2.30. The molecule has 0 spiro atoms. The van der Waals surface area contributed by atoms with Crippen LogP contribution in [0.5, 0.6) is 5.75 Å². The van der Waals surface area contributed by atoms with Crippen LogP contribution in [0.4, 0.5) is 10.8 Å². The number of anilines is 2. The Morgan fingerprint density at radius 3 is 2.59 bits per heavy atom. The van der Waals surface area contributed by atoms with Crippen LogP contribution in [0.1, 0.15) is 53.2 Å². The number of pyridine rings is 1. The normalized spacial score (nSPS) is 13.2. The van der Waals surface area contributed by atoms with Crippen LogP contribution < -0.4 is 14.8 Å². The van der Waals surface area contributed by atoms with Crippen LogP contribution in [-0.4, -0.2) is 31.9 Å². The summed E-state index contributed by atoms with van der Waals surface area (Å²) in [7, 11) is -1.21. The van der Waals surface area contributed by atoms with Gasteiger partial charge in [0.2, 0.25) is 5.91 Å². The Labute approximate surface area is 208 Å². The number of hydrogen-bond acceptors (Lipinski definition) is 6. The lowest BCUT2D eigenvalue weighted by Gasteiger charge is -2.21. The third-order valence-electron chi connectivity index (χ3n) is 5.50. The van der Waals surface area contributed by atoms with E-state index in [1.807, 2.05) is 63.4 Å². The standard InChI is InChI=1S/C25H32N4O3S2/c1-6-12-32-21-13-19(14-26-15-21)18-8-10-20(11-9-18)27-23(30)25(4,5)22-16-33-24(28-22)29-34(31)17(3)7-2/h8-11,13-17H,6-7,12H2,1-5H3,(H,27,30)(H,28,29). The van der Waals surface area contributed by atoms with Crippen molar-refractivity contribution in [3.05, 3.63) is 53.8 Å². The minimum atomic E-state index is -1.21. The summed E-state index contributed by atoms with van der Waals surface area (Å²) in [4.78, 5) is 21.8. The van der Waals surface area contributed by atoms with E-state index in [0.717, 1.165) is 29.7 Å². The first-order valence-electron chi connectivity index (χ1n) is 11.4. The number of ether oxygens (including phenoxy) is 1. The summed E-state index contributed by atoms with van der Waals surface area (Å²) in [6.45, 7) is 10.3. The van der Waals surface area contributed by atoms with Crippen LogP contribution in [0, 0.1) is 0 Å². The molecular weight excluding hydrogens is 468 g/mol. The molecule has 9 heteroatoms. The Bertz CT molecular complexity index is 1130. The maximum atomic E-state index is 13.1. The second-order valence-corrected chi connectivity index (χ2v) is 11.0. The predicted octanol–water partition coefficient (Wildman–Crippen LogP) is 5.78. The van der Waals surface area contributed by atoms with E-state index in [2.05, 4.69) is 26.9 Å². The van der Waals surface area contributed by atoms with Gasteiger partial charge < -0.3 is 10.1 Å². The van der Waals surface area contributed by atoms with Crippen molar-refractivity contribution in [1.82, 2.24) is 9.97 Å². The zero-order valence-electron chi connectivity index (χ0n) is 20.3. The van der Waals surface area contributed by atoms with Crippen molar-refractivity contribution in [2.45, 2.75) is 58.1 Å². The molecule has 2 N–H and O–H groups in total. The third-order valence-corrected chi connectivity index (χ3v) is 7.85. The lowest BCUT2D eigenvalue weighted by molar-refractivity contribution is -0.120. The molecule has 7 nitrogen and oxygen atoms in total. The van der Waals surface area contributed by atoms with Crippen LogP contribution in [0.25, 0.3) is 11.1 Å². The maximum absolute atomic E-state index is 13.1. The lowest BCUT2D eigenvalue weighted by Crippen LogP contribution is -2.35. The van der Waals surface area contributed by atoms with Crippen molar-refractivity contribution < 1.29 is 13.7 Å². The van der Waals surface area contributed by atoms with E-state index in [4.69, 9.17) is 4.74 Å². The summed E-state index contributed by atoms with van der Waals surface area (Å²) in [5.74, 6) is 0.570. The number of thiazole rings is 1. The van der Waals surface area contributed by atoms with Crippen molar-refractivity contribution in [1.29, 1.82) is 0 Å². The second-order valence-electron chi connectivity index (χ2n) is 8.57. The van der Waals surface area contributed by atoms with Gasteiger partial charge in [0.15, 0.2) is 5.13 Å². The smallest absolute Gasteiger partial charge is 0.236 e. The molecule has 3 aromatic rings. The summed E-state index contributed by atoms with van der Waals surface area (Å²) >= 11 is 1.35. The first-order chi connectivity index (χ1) is 16.2. The fourth-order valence-electron chi connectivity index (χ4n) is 2.97. The number of rotatable bonds is 11. The fraction of sp³-hybridized carbons (Fsp3) is 0.400. The van der Waals surface area contributed by atoms with Crippen LogP contribution in [0.2, 0.25) is 0 Å². The number of amides is 1. The lowest BCUT2D eigenvalue weighted by atomic mass is 9.89. The molecule has 2 unspecified atom stereocenters. The number of carbonyl (C=O) groups is 1. The molecule has 0 fully saturated rings.